The molecule has 1 fully saturated rings. The van der Waals surface area contributed by atoms with Gasteiger partial charge in [0.15, 0.2) is 5.69 Å². The van der Waals surface area contributed by atoms with E-state index in [9.17, 15) is 4.79 Å². The zero-order chi connectivity index (χ0) is 18.8. The molecule has 0 bridgehead atoms. The number of piperidine rings is 1. The lowest BCUT2D eigenvalue weighted by atomic mass is 10.0. The van der Waals surface area contributed by atoms with Crippen molar-refractivity contribution in [1.29, 1.82) is 0 Å². The van der Waals surface area contributed by atoms with E-state index in [1.54, 1.807) is 16.9 Å². The summed E-state index contributed by atoms with van der Waals surface area (Å²) in [6.07, 6.45) is 4.85. The third-order valence-electron chi connectivity index (χ3n) is 4.92. The maximum absolute atomic E-state index is 13.3. The lowest BCUT2D eigenvalue weighted by Gasteiger charge is -2.33. The van der Waals surface area contributed by atoms with E-state index in [1.807, 2.05) is 41.3 Å². The molecule has 1 aromatic carbocycles. The van der Waals surface area contributed by atoms with E-state index in [4.69, 9.17) is 11.6 Å². The van der Waals surface area contributed by atoms with Gasteiger partial charge in [-0.3, -0.25) is 9.78 Å². The second kappa shape index (κ2) is 7.48. The number of halogens is 1. The Bertz CT molecular complexity index is 956. The highest BCUT2D eigenvalue weighted by atomic mass is 35.5. The molecule has 2 aromatic heterocycles. The van der Waals surface area contributed by atoms with Crippen molar-refractivity contribution in [2.45, 2.75) is 32.2 Å². The number of rotatable bonds is 3. The van der Waals surface area contributed by atoms with Gasteiger partial charge in [0.25, 0.3) is 5.91 Å². The number of hydrogen-bond donors (Lipinski definition) is 0. The molecule has 0 saturated carbocycles. The number of carbonyl (C=O) groups is 1. The fourth-order valence-corrected chi connectivity index (χ4v) is 3.70. The lowest BCUT2D eigenvalue weighted by Crippen LogP contribution is -2.42. The standard InChI is InChI=1S/C20H20ClN5O/c1-14-8-5-7-13-25(14)20(27)18-19(16-10-4-6-12-22-16)26(24-23-18)17-11-3-2-9-15(17)21/h2-4,6,9-12,14H,5,7-8,13H2,1H3/t14-/m0/s1. The molecule has 0 unspecified atom stereocenters. The maximum Gasteiger partial charge on any atom is 0.277 e. The second-order valence-electron chi connectivity index (χ2n) is 6.71. The minimum atomic E-state index is -0.110. The fourth-order valence-electron chi connectivity index (χ4n) is 3.49. The van der Waals surface area contributed by atoms with Crippen LogP contribution in [0.2, 0.25) is 5.02 Å². The first kappa shape index (κ1) is 17.7. The monoisotopic (exact) mass is 381 g/mol. The minimum absolute atomic E-state index is 0.110. The first-order chi connectivity index (χ1) is 13.2. The largest absolute Gasteiger partial charge is 0.334 e. The molecule has 1 saturated heterocycles. The van der Waals surface area contributed by atoms with Crippen molar-refractivity contribution in [3.63, 3.8) is 0 Å². The molecule has 3 heterocycles. The van der Waals surface area contributed by atoms with E-state index in [2.05, 4.69) is 22.2 Å². The highest BCUT2D eigenvalue weighted by Gasteiger charge is 2.31. The molecule has 7 heteroatoms. The van der Waals surface area contributed by atoms with Crippen LogP contribution in [-0.4, -0.2) is 43.4 Å². The van der Waals surface area contributed by atoms with Crippen molar-refractivity contribution in [3.8, 4) is 17.1 Å². The van der Waals surface area contributed by atoms with Crippen LogP contribution < -0.4 is 0 Å². The van der Waals surface area contributed by atoms with Crippen molar-refractivity contribution >= 4 is 17.5 Å². The topological polar surface area (TPSA) is 63.9 Å². The molecule has 4 rings (SSSR count). The molecular weight excluding hydrogens is 362 g/mol. The van der Waals surface area contributed by atoms with Crippen LogP contribution in [0.4, 0.5) is 0 Å². The maximum atomic E-state index is 13.3. The highest BCUT2D eigenvalue weighted by Crippen LogP contribution is 2.29. The normalized spacial score (nSPS) is 17.1. The molecule has 1 amide bonds. The lowest BCUT2D eigenvalue weighted by molar-refractivity contribution is 0.0630. The van der Waals surface area contributed by atoms with Gasteiger partial charge in [0.2, 0.25) is 0 Å². The summed E-state index contributed by atoms with van der Waals surface area (Å²) in [5.41, 5.74) is 2.17. The summed E-state index contributed by atoms with van der Waals surface area (Å²) < 4.78 is 1.60. The van der Waals surface area contributed by atoms with Crippen molar-refractivity contribution < 1.29 is 4.79 Å². The third kappa shape index (κ3) is 3.32. The van der Waals surface area contributed by atoms with Crippen LogP contribution in [0.25, 0.3) is 17.1 Å². The van der Waals surface area contributed by atoms with E-state index < -0.39 is 0 Å². The Kier molecular flexibility index (Phi) is 4.90. The first-order valence-corrected chi connectivity index (χ1v) is 9.47. The van der Waals surface area contributed by atoms with Gasteiger partial charge in [0.05, 0.1) is 16.4 Å². The molecule has 138 valence electrons. The van der Waals surface area contributed by atoms with Gasteiger partial charge in [-0.25, -0.2) is 4.68 Å². The zero-order valence-corrected chi connectivity index (χ0v) is 15.8. The number of amides is 1. The summed E-state index contributed by atoms with van der Waals surface area (Å²) in [4.78, 5) is 19.6. The number of carbonyl (C=O) groups excluding carboxylic acids is 1. The molecule has 27 heavy (non-hydrogen) atoms. The number of aromatic nitrogens is 4. The SMILES string of the molecule is C[C@H]1CCCCN1C(=O)c1nnn(-c2ccccc2Cl)c1-c1ccccn1. The summed E-state index contributed by atoms with van der Waals surface area (Å²) in [6, 6.07) is 13.1. The summed E-state index contributed by atoms with van der Waals surface area (Å²) in [5.74, 6) is -0.110. The van der Waals surface area contributed by atoms with Crippen molar-refractivity contribution in [2.24, 2.45) is 0 Å². The average molecular weight is 382 g/mol. The molecule has 1 atom stereocenters. The molecule has 6 nitrogen and oxygen atoms in total. The summed E-state index contributed by atoms with van der Waals surface area (Å²) in [6.45, 7) is 2.82. The molecule has 0 aliphatic carbocycles. The average Bonchev–Trinajstić information content (AvgIpc) is 3.14. The zero-order valence-electron chi connectivity index (χ0n) is 15.0. The molecule has 3 aromatic rings. The Hall–Kier alpha value is -2.73. The van der Waals surface area contributed by atoms with Gasteiger partial charge in [-0.15, -0.1) is 5.10 Å². The van der Waals surface area contributed by atoms with Crippen LogP contribution in [0, 0.1) is 0 Å². The van der Waals surface area contributed by atoms with E-state index in [0.717, 1.165) is 25.8 Å². The number of nitrogens with zero attached hydrogens (tertiary/aromatic N) is 5. The Morgan fingerprint density at radius 1 is 1.15 bits per heavy atom. The summed E-state index contributed by atoms with van der Waals surface area (Å²) in [5, 5.41) is 9.03. The third-order valence-corrected chi connectivity index (χ3v) is 5.24. The molecule has 1 aliphatic heterocycles. The summed E-state index contributed by atoms with van der Waals surface area (Å²) in [7, 11) is 0. The van der Waals surface area contributed by atoms with Crippen LogP contribution in [0.1, 0.15) is 36.7 Å². The van der Waals surface area contributed by atoms with Gasteiger partial charge in [0, 0.05) is 18.8 Å². The van der Waals surface area contributed by atoms with E-state index >= 15 is 0 Å². The van der Waals surface area contributed by atoms with Gasteiger partial charge in [-0.1, -0.05) is 35.0 Å². The minimum Gasteiger partial charge on any atom is -0.334 e. The van der Waals surface area contributed by atoms with Gasteiger partial charge < -0.3 is 4.90 Å². The molecule has 0 spiro atoms. The van der Waals surface area contributed by atoms with Crippen molar-refractivity contribution in [2.75, 3.05) is 6.54 Å². The number of likely N-dealkylation sites (tertiary alicyclic amines) is 1. The number of benzene rings is 1. The van der Waals surface area contributed by atoms with E-state index in [1.165, 1.54) is 0 Å². The Labute approximate surface area is 162 Å². The highest BCUT2D eigenvalue weighted by molar-refractivity contribution is 6.32. The molecule has 0 radical (unpaired) electrons. The van der Waals surface area contributed by atoms with Crippen molar-refractivity contribution in [1.82, 2.24) is 24.9 Å². The number of pyridine rings is 1. The second-order valence-corrected chi connectivity index (χ2v) is 7.12. The predicted octanol–water partition coefficient (Wildman–Crippen LogP) is 4.00. The number of hydrogen-bond acceptors (Lipinski definition) is 4. The molecular formula is C20H20ClN5O. The van der Waals surface area contributed by atoms with Gasteiger partial charge in [0.1, 0.15) is 5.69 Å². The van der Waals surface area contributed by atoms with Gasteiger partial charge in [-0.05, 0) is 50.5 Å². The fraction of sp³-hybridized carbons (Fsp3) is 0.300. The van der Waals surface area contributed by atoms with E-state index in [-0.39, 0.29) is 11.9 Å². The van der Waals surface area contributed by atoms with Crippen LogP contribution in [0.3, 0.4) is 0 Å². The Morgan fingerprint density at radius 3 is 2.70 bits per heavy atom. The summed E-state index contributed by atoms with van der Waals surface area (Å²) >= 11 is 6.37. The smallest absolute Gasteiger partial charge is 0.277 e. The van der Waals surface area contributed by atoms with Crippen LogP contribution in [-0.2, 0) is 0 Å². The molecule has 1 aliphatic rings. The van der Waals surface area contributed by atoms with Gasteiger partial charge >= 0.3 is 0 Å². The van der Waals surface area contributed by atoms with E-state index in [0.29, 0.717) is 27.8 Å². The molecule has 0 N–H and O–H groups in total. The number of para-hydroxylation sites is 1. The van der Waals surface area contributed by atoms with Crippen LogP contribution in [0.5, 0.6) is 0 Å². The Morgan fingerprint density at radius 2 is 1.96 bits per heavy atom. The quantitative estimate of drug-likeness (QED) is 0.688. The van der Waals surface area contributed by atoms with Crippen molar-refractivity contribution in [3.05, 3.63) is 59.4 Å². The predicted molar refractivity (Wildman–Crippen MR) is 104 cm³/mol. The van der Waals surface area contributed by atoms with Crippen LogP contribution in [0.15, 0.2) is 48.7 Å². The van der Waals surface area contributed by atoms with Crippen LogP contribution >= 0.6 is 11.6 Å². The first-order valence-electron chi connectivity index (χ1n) is 9.10. The van der Waals surface area contributed by atoms with Gasteiger partial charge in [-0.2, -0.15) is 0 Å². The Balaban J connectivity index is 1.86.